The van der Waals surface area contributed by atoms with Crippen LogP contribution in [0.5, 0.6) is 17.2 Å². The van der Waals surface area contributed by atoms with Gasteiger partial charge in [0.1, 0.15) is 5.75 Å². The number of rotatable bonds is 8. The van der Waals surface area contributed by atoms with E-state index in [1.807, 2.05) is 18.2 Å². The van der Waals surface area contributed by atoms with Crippen molar-refractivity contribution in [3.05, 3.63) is 60.0 Å². The van der Waals surface area contributed by atoms with Crippen molar-refractivity contribution in [1.29, 1.82) is 0 Å². The van der Waals surface area contributed by atoms with Crippen LogP contribution in [-0.2, 0) is 16.1 Å². The molecule has 0 aliphatic carbocycles. The van der Waals surface area contributed by atoms with Gasteiger partial charge in [-0.15, -0.1) is 0 Å². The first-order valence-electron chi connectivity index (χ1n) is 8.68. The van der Waals surface area contributed by atoms with E-state index in [9.17, 15) is 4.79 Å². The molecule has 0 aliphatic heterocycles. The molecule has 150 valence electrons. The van der Waals surface area contributed by atoms with Crippen molar-refractivity contribution >= 4 is 12.0 Å². The third-order valence-corrected chi connectivity index (χ3v) is 3.99. The molecule has 0 N–H and O–H groups in total. The Bertz CT molecular complexity index is 1010. The molecule has 0 aliphatic rings. The number of esters is 1. The molecule has 1 heterocycles. The minimum absolute atomic E-state index is 0.152. The maximum Gasteiger partial charge on any atom is 0.331 e. The fourth-order valence-electron chi connectivity index (χ4n) is 2.63. The second-order valence-corrected chi connectivity index (χ2v) is 5.74. The molecule has 3 aromatic rings. The smallest absolute Gasteiger partial charge is 0.331 e. The van der Waals surface area contributed by atoms with Gasteiger partial charge in [-0.25, -0.2) is 4.79 Å². The summed E-state index contributed by atoms with van der Waals surface area (Å²) in [5, 5.41) is 3.90. The van der Waals surface area contributed by atoms with Crippen LogP contribution in [0.25, 0.3) is 17.5 Å². The number of hydrogen-bond donors (Lipinski definition) is 0. The maximum atomic E-state index is 12.0. The number of para-hydroxylation sites is 2. The number of hydrogen-bond acceptors (Lipinski definition) is 8. The highest BCUT2D eigenvalue weighted by Gasteiger charge is 2.14. The van der Waals surface area contributed by atoms with Crippen LogP contribution in [-0.4, -0.2) is 37.4 Å². The maximum absolute atomic E-state index is 12.0. The molecule has 3 rings (SSSR count). The van der Waals surface area contributed by atoms with E-state index in [-0.39, 0.29) is 12.5 Å². The van der Waals surface area contributed by atoms with E-state index < -0.39 is 5.97 Å². The van der Waals surface area contributed by atoms with Gasteiger partial charge in [-0.2, -0.15) is 4.98 Å². The Labute approximate surface area is 167 Å². The molecule has 1 aromatic heterocycles. The van der Waals surface area contributed by atoms with Crippen LogP contribution < -0.4 is 14.2 Å². The summed E-state index contributed by atoms with van der Waals surface area (Å²) in [6.45, 7) is -0.152. The van der Waals surface area contributed by atoms with Crippen molar-refractivity contribution < 1.29 is 28.3 Å². The van der Waals surface area contributed by atoms with Crippen molar-refractivity contribution in [2.45, 2.75) is 6.61 Å². The van der Waals surface area contributed by atoms with E-state index in [2.05, 4.69) is 10.1 Å². The van der Waals surface area contributed by atoms with Gasteiger partial charge in [0, 0.05) is 11.6 Å². The standard InChI is InChI=1S/C21H20N2O6/c1-25-16-9-5-4-8-15(16)21-22-18(29-23-21)13-28-19(24)12-11-14-7-6-10-17(26-2)20(14)27-3/h4-12H,13H2,1-3H3/b12-11+. The summed E-state index contributed by atoms with van der Waals surface area (Å²) in [6, 6.07) is 12.6. The average molecular weight is 396 g/mol. The molecule has 0 spiro atoms. The van der Waals surface area contributed by atoms with Gasteiger partial charge in [0.2, 0.25) is 5.82 Å². The average Bonchev–Trinajstić information content (AvgIpc) is 3.24. The van der Waals surface area contributed by atoms with Crippen LogP contribution >= 0.6 is 0 Å². The molecule has 0 atom stereocenters. The zero-order valence-electron chi connectivity index (χ0n) is 16.2. The van der Waals surface area contributed by atoms with Gasteiger partial charge in [-0.05, 0) is 24.3 Å². The number of methoxy groups -OCH3 is 3. The van der Waals surface area contributed by atoms with Crippen LogP contribution in [0.15, 0.2) is 53.1 Å². The van der Waals surface area contributed by atoms with Crippen LogP contribution in [0.4, 0.5) is 0 Å². The Balaban J connectivity index is 1.63. The van der Waals surface area contributed by atoms with Crippen molar-refractivity contribution in [3.63, 3.8) is 0 Å². The molecule has 8 nitrogen and oxygen atoms in total. The zero-order chi connectivity index (χ0) is 20.6. The Hall–Kier alpha value is -3.81. The van der Waals surface area contributed by atoms with Gasteiger partial charge < -0.3 is 23.5 Å². The van der Waals surface area contributed by atoms with Gasteiger partial charge >= 0.3 is 5.97 Å². The lowest BCUT2D eigenvalue weighted by atomic mass is 10.1. The summed E-state index contributed by atoms with van der Waals surface area (Å²) in [4.78, 5) is 16.3. The zero-order valence-corrected chi connectivity index (χ0v) is 16.2. The first kappa shape index (κ1) is 19.9. The first-order valence-corrected chi connectivity index (χ1v) is 8.68. The normalized spacial score (nSPS) is 10.7. The van der Waals surface area contributed by atoms with E-state index in [4.69, 9.17) is 23.5 Å². The predicted octanol–water partition coefficient (Wildman–Crippen LogP) is 3.52. The van der Waals surface area contributed by atoms with Gasteiger partial charge in [0.15, 0.2) is 18.1 Å². The SMILES string of the molecule is COc1ccccc1-c1noc(COC(=O)/C=C/c2cccc(OC)c2OC)n1. The number of benzene rings is 2. The molecule has 2 aromatic carbocycles. The Morgan fingerprint density at radius 1 is 1.00 bits per heavy atom. The summed E-state index contributed by atoms with van der Waals surface area (Å²) < 4.78 is 26.1. The van der Waals surface area contributed by atoms with E-state index in [0.717, 1.165) is 0 Å². The lowest BCUT2D eigenvalue weighted by Crippen LogP contribution is -2.01. The van der Waals surface area contributed by atoms with E-state index >= 15 is 0 Å². The van der Waals surface area contributed by atoms with E-state index in [1.165, 1.54) is 13.2 Å². The predicted molar refractivity (Wildman–Crippen MR) is 105 cm³/mol. The summed E-state index contributed by atoms with van der Waals surface area (Å²) in [5.74, 6) is 1.67. The highest BCUT2D eigenvalue weighted by Crippen LogP contribution is 2.31. The third-order valence-electron chi connectivity index (χ3n) is 3.99. The summed E-state index contributed by atoms with van der Waals surface area (Å²) in [6.07, 6.45) is 2.87. The molecule has 0 unspecified atom stereocenters. The second kappa shape index (κ2) is 9.41. The largest absolute Gasteiger partial charge is 0.496 e. The minimum atomic E-state index is -0.563. The highest BCUT2D eigenvalue weighted by molar-refractivity contribution is 5.87. The molecular formula is C21H20N2O6. The molecule has 0 saturated carbocycles. The summed E-state index contributed by atoms with van der Waals surface area (Å²) in [7, 11) is 4.64. The molecule has 0 amide bonds. The summed E-state index contributed by atoms with van der Waals surface area (Å²) >= 11 is 0. The molecule has 0 fully saturated rings. The number of nitrogens with zero attached hydrogens (tertiary/aromatic N) is 2. The highest BCUT2D eigenvalue weighted by atomic mass is 16.6. The van der Waals surface area contributed by atoms with Gasteiger partial charge in [-0.1, -0.05) is 29.4 Å². The van der Waals surface area contributed by atoms with Crippen molar-refractivity contribution in [2.75, 3.05) is 21.3 Å². The van der Waals surface area contributed by atoms with Crippen LogP contribution in [0.3, 0.4) is 0 Å². The lowest BCUT2D eigenvalue weighted by Gasteiger charge is -2.09. The van der Waals surface area contributed by atoms with E-state index in [0.29, 0.717) is 34.2 Å². The second-order valence-electron chi connectivity index (χ2n) is 5.74. The molecule has 0 bridgehead atoms. The fraction of sp³-hybridized carbons (Fsp3) is 0.190. The van der Waals surface area contributed by atoms with Gasteiger partial charge in [0.05, 0.1) is 26.9 Å². The van der Waals surface area contributed by atoms with Crippen molar-refractivity contribution in [2.24, 2.45) is 0 Å². The van der Waals surface area contributed by atoms with Crippen LogP contribution in [0, 0.1) is 0 Å². The molecule has 29 heavy (non-hydrogen) atoms. The Morgan fingerprint density at radius 3 is 2.52 bits per heavy atom. The Kier molecular flexibility index (Phi) is 6.47. The molecule has 0 radical (unpaired) electrons. The molecule has 8 heteroatoms. The molecule has 0 saturated heterocycles. The number of ether oxygens (including phenoxy) is 4. The first-order chi connectivity index (χ1) is 14.2. The lowest BCUT2D eigenvalue weighted by molar-refractivity contribution is -0.139. The Morgan fingerprint density at radius 2 is 1.76 bits per heavy atom. The minimum Gasteiger partial charge on any atom is -0.496 e. The van der Waals surface area contributed by atoms with Gasteiger partial charge in [-0.3, -0.25) is 0 Å². The van der Waals surface area contributed by atoms with Gasteiger partial charge in [0.25, 0.3) is 5.89 Å². The number of carbonyl (C=O) groups is 1. The molecular weight excluding hydrogens is 376 g/mol. The summed E-state index contributed by atoms with van der Waals surface area (Å²) in [5.41, 5.74) is 1.36. The van der Waals surface area contributed by atoms with Crippen molar-refractivity contribution in [1.82, 2.24) is 10.1 Å². The van der Waals surface area contributed by atoms with Crippen molar-refractivity contribution in [3.8, 4) is 28.6 Å². The van der Waals surface area contributed by atoms with Crippen LogP contribution in [0.1, 0.15) is 11.5 Å². The third kappa shape index (κ3) is 4.73. The monoisotopic (exact) mass is 396 g/mol. The quantitative estimate of drug-likeness (QED) is 0.422. The van der Waals surface area contributed by atoms with E-state index in [1.54, 1.807) is 44.6 Å². The number of carbonyl (C=O) groups excluding carboxylic acids is 1. The fourth-order valence-corrected chi connectivity index (χ4v) is 2.63. The number of aromatic nitrogens is 2. The van der Waals surface area contributed by atoms with Crippen LogP contribution in [0.2, 0.25) is 0 Å². The topological polar surface area (TPSA) is 92.9 Å².